The third kappa shape index (κ3) is 2.42. The van der Waals surface area contributed by atoms with E-state index in [9.17, 15) is 5.11 Å². The molecule has 2 unspecified atom stereocenters. The maximum atomic E-state index is 9.76. The van der Waals surface area contributed by atoms with E-state index in [2.05, 4.69) is 56.5 Å². The van der Waals surface area contributed by atoms with Gasteiger partial charge in [-0.2, -0.15) is 0 Å². The van der Waals surface area contributed by atoms with Crippen molar-refractivity contribution in [2.75, 3.05) is 0 Å². The van der Waals surface area contributed by atoms with Gasteiger partial charge in [-0.3, -0.25) is 4.99 Å². The first-order valence-corrected chi connectivity index (χ1v) is 7.41. The smallest absolute Gasteiger partial charge is 0.143 e. The minimum Gasteiger partial charge on any atom is -0.370 e. The number of dihydropyridines is 2. The molecule has 2 heterocycles. The number of fused-ring (bicyclic) bond motifs is 1. The SMILES string of the molecule is CC12CC=CC=C1C=CC(C(C)(C)C1=CC=CC(O)N1)=N2. The van der Waals surface area contributed by atoms with Crippen molar-refractivity contribution in [3.8, 4) is 0 Å². The molecular formula is C18H22N2O. The van der Waals surface area contributed by atoms with E-state index in [0.717, 1.165) is 17.8 Å². The van der Waals surface area contributed by atoms with Crippen LogP contribution in [0.25, 0.3) is 0 Å². The van der Waals surface area contributed by atoms with Crippen molar-refractivity contribution in [3.05, 3.63) is 59.9 Å². The molecule has 0 aromatic rings. The highest BCUT2D eigenvalue weighted by Crippen LogP contribution is 2.38. The number of aliphatic hydroxyl groups is 1. The molecule has 1 aliphatic carbocycles. The van der Waals surface area contributed by atoms with E-state index in [4.69, 9.17) is 4.99 Å². The molecule has 0 aromatic carbocycles. The summed E-state index contributed by atoms with van der Waals surface area (Å²) in [4.78, 5) is 5.03. The van der Waals surface area contributed by atoms with E-state index in [-0.39, 0.29) is 11.0 Å². The summed E-state index contributed by atoms with van der Waals surface area (Å²) in [6.45, 7) is 6.45. The molecule has 0 radical (unpaired) electrons. The Hall–Kier alpha value is -1.87. The Morgan fingerprint density at radius 1 is 1.29 bits per heavy atom. The lowest BCUT2D eigenvalue weighted by Crippen LogP contribution is -2.41. The summed E-state index contributed by atoms with van der Waals surface area (Å²) in [5, 5.41) is 12.9. The average molecular weight is 282 g/mol. The zero-order valence-corrected chi connectivity index (χ0v) is 12.8. The first-order chi connectivity index (χ1) is 9.92. The molecule has 21 heavy (non-hydrogen) atoms. The number of nitrogens with one attached hydrogen (secondary N) is 1. The highest BCUT2D eigenvalue weighted by molar-refractivity contribution is 6.03. The van der Waals surface area contributed by atoms with Gasteiger partial charge in [0.15, 0.2) is 0 Å². The summed E-state index contributed by atoms with van der Waals surface area (Å²) < 4.78 is 0. The molecule has 0 saturated heterocycles. The van der Waals surface area contributed by atoms with Gasteiger partial charge in [-0.05, 0) is 51.0 Å². The summed E-state index contributed by atoms with van der Waals surface area (Å²) in [7, 11) is 0. The van der Waals surface area contributed by atoms with Gasteiger partial charge in [-0.15, -0.1) is 0 Å². The summed E-state index contributed by atoms with van der Waals surface area (Å²) in [5.74, 6) is 0. The van der Waals surface area contributed by atoms with Gasteiger partial charge >= 0.3 is 0 Å². The number of hydrogen-bond acceptors (Lipinski definition) is 3. The lowest BCUT2D eigenvalue weighted by molar-refractivity contribution is 0.188. The maximum Gasteiger partial charge on any atom is 0.143 e. The van der Waals surface area contributed by atoms with Crippen molar-refractivity contribution in [3.63, 3.8) is 0 Å². The summed E-state index contributed by atoms with van der Waals surface area (Å²) >= 11 is 0. The molecule has 3 aliphatic rings. The highest BCUT2D eigenvalue weighted by atomic mass is 16.3. The molecule has 0 bridgehead atoms. The minimum atomic E-state index is -0.624. The zero-order valence-electron chi connectivity index (χ0n) is 12.8. The van der Waals surface area contributed by atoms with Crippen LogP contribution in [0.5, 0.6) is 0 Å². The molecule has 0 fully saturated rings. The standard InChI is InChI=1S/C18H22N2O/c1-17(2,14-8-6-9-16(21)19-14)15-11-10-13-7-4-5-12-18(13,3)20-15/h4-11,16,19,21H,12H2,1-3H3. The van der Waals surface area contributed by atoms with Gasteiger partial charge in [-0.25, -0.2) is 0 Å². The molecule has 2 aliphatic heterocycles. The van der Waals surface area contributed by atoms with E-state index in [1.54, 1.807) is 6.08 Å². The third-order valence-electron chi connectivity index (χ3n) is 4.51. The maximum absolute atomic E-state index is 9.76. The van der Waals surface area contributed by atoms with Crippen LogP contribution in [-0.2, 0) is 0 Å². The lowest BCUT2D eigenvalue weighted by atomic mass is 9.77. The van der Waals surface area contributed by atoms with E-state index < -0.39 is 6.23 Å². The molecule has 0 saturated carbocycles. The molecule has 2 N–H and O–H groups in total. The van der Waals surface area contributed by atoms with Crippen LogP contribution < -0.4 is 5.32 Å². The predicted molar refractivity (Wildman–Crippen MR) is 87.0 cm³/mol. The average Bonchev–Trinajstić information content (AvgIpc) is 2.46. The normalized spacial score (nSPS) is 31.0. The van der Waals surface area contributed by atoms with Crippen LogP contribution in [0.1, 0.15) is 27.2 Å². The molecule has 3 nitrogen and oxygen atoms in total. The van der Waals surface area contributed by atoms with Gasteiger partial charge < -0.3 is 10.4 Å². The van der Waals surface area contributed by atoms with Crippen LogP contribution in [0.15, 0.2) is 64.9 Å². The van der Waals surface area contributed by atoms with E-state index in [1.165, 1.54) is 5.57 Å². The molecule has 0 spiro atoms. The second-order valence-corrected chi connectivity index (χ2v) is 6.54. The molecule has 0 amide bonds. The lowest BCUT2D eigenvalue weighted by Gasteiger charge is -2.38. The molecule has 3 heteroatoms. The monoisotopic (exact) mass is 282 g/mol. The van der Waals surface area contributed by atoms with Gasteiger partial charge in [0.05, 0.1) is 5.54 Å². The Balaban J connectivity index is 1.95. The molecule has 3 rings (SSSR count). The van der Waals surface area contributed by atoms with E-state index in [0.29, 0.717) is 0 Å². The number of nitrogens with zero attached hydrogens (tertiary/aromatic N) is 1. The topological polar surface area (TPSA) is 44.6 Å². The number of hydrogen-bond donors (Lipinski definition) is 2. The van der Waals surface area contributed by atoms with Crippen molar-refractivity contribution < 1.29 is 5.11 Å². The second-order valence-electron chi connectivity index (χ2n) is 6.54. The zero-order chi connectivity index (χ0) is 15.1. The Morgan fingerprint density at radius 2 is 2.10 bits per heavy atom. The van der Waals surface area contributed by atoms with E-state index >= 15 is 0 Å². The first kappa shape index (κ1) is 14.1. The number of aliphatic imine (C=N–C) groups is 1. The minimum absolute atomic E-state index is 0.167. The van der Waals surface area contributed by atoms with Crippen LogP contribution in [0.2, 0.25) is 0 Å². The number of rotatable bonds is 2. The van der Waals surface area contributed by atoms with Gasteiger partial charge in [-0.1, -0.05) is 30.4 Å². The Labute approximate surface area is 126 Å². The van der Waals surface area contributed by atoms with Gasteiger partial charge in [0, 0.05) is 16.8 Å². The van der Waals surface area contributed by atoms with Crippen molar-refractivity contribution in [2.24, 2.45) is 10.4 Å². The molecule has 0 aromatic heterocycles. The third-order valence-corrected chi connectivity index (χ3v) is 4.51. The van der Waals surface area contributed by atoms with E-state index in [1.807, 2.05) is 12.2 Å². The van der Waals surface area contributed by atoms with Crippen molar-refractivity contribution >= 4 is 5.71 Å². The second kappa shape index (κ2) is 4.85. The fourth-order valence-electron chi connectivity index (χ4n) is 2.97. The summed E-state index contributed by atoms with van der Waals surface area (Å²) in [6, 6.07) is 0. The van der Waals surface area contributed by atoms with Gasteiger partial charge in [0.1, 0.15) is 6.23 Å². The summed E-state index contributed by atoms with van der Waals surface area (Å²) in [5.41, 5.74) is 2.86. The fraction of sp³-hybridized carbons (Fsp3) is 0.389. The van der Waals surface area contributed by atoms with Crippen LogP contribution in [0.4, 0.5) is 0 Å². The Bertz CT molecular complexity index is 632. The largest absolute Gasteiger partial charge is 0.370 e. The van der Waals surface area contributed by atoms with Crippen LogP contribution in [-0.4, -0.2) is 22.6 Å². The first-order valence-electron chi connectivity index (χ1n) is 7.41. The predicted octanol–water partition coefficient (Wildman–Crippen LogP) is 3.03. The van der Waals surface area contributed by atoms with Crippen LogP contribution >= 0.6 is 0 Å². The molecule has 2 atom stereocenters. The number of allylic oxidation sites excluding steroid dienone is 6. The molecule has 110 valence electrons. The van der Waals surface area contributed by atoms with Crippen LogP contribution in [0.3, 0.4) is 0 Å². The fourth-order valence-corrected chi connectivity index (χ4v) is 2.97. The summed E-state index contributed by atoms with van der Waals surface area (Å²) in [6.07, 6.45) is 16.6. The van der Waals surface area contributed by atoms with Gasteiger partial charge in [0.25, 0.3) is 0 Å². The van der Waals surface area contributed by atoms with Crippen molar-refractivity contribution in [1.29, 1.82) is 0 Å². The molecular weight excluding hydrogens is 260 g/mol. The quantitative estimate of drug-likeness (QED) is 0.817. The highest BCUT2D eigenvalue weighted by Gasteiger charge is 2.36. The van der Waals surface area contributed by atoms with Gasteiger partial charge in [0.2, 0.25) is 0 Å². The van der Waals surface area contributed by atoms with Crippen molar-refractivity contribution in [2.45, 2.75) is 39.0 Å². The Morgan fingerprint density at radius 3 is 2.86 bits per heavy atom. The Kier molecular flexibility index (Phi) is 3.25. The van der Waals surface area contributed by atoms with Crippen molar-refractivity contribution in [1.82, 2.24) is 5.32 Å². The van der Waals surface area contributed by atoms with Crippen LogP contribution in [0, 0.1) is 5.41 Å². The number of aliphatic hydroxyl groups excluding tert-OH is 1.